The summed E-state index contributed by atoms with van der Waals surface area (Å²) in [5.74, 6) is -1.98. The standard InChI is InChI=1S/C15H23N.C2HF3O2/c1-15(2,3)13-7-5-6-11(8-13)12-9-14(10-12)16-4;3-2(4,5)1(6)7/h5-8,12,14,16H,9-10H2,1-4H3;(H,6,7). The highest BCUT2D eigenvalue weighted by atomic mass is 19.4. The smallest absolute Gasteiger partial charge is 0.475 e. The van der Waals surface area contributed by atoms with E-state index in [1.807, 2.05) is 0 Å². The van der Waals surface area contributed by atoms with Crippen LogP contribution >= 0.6 is 0 Å². The molecule has 0 bridgehead atoms. The van der Waals surface area contributed by atoms with Crippen LogP contribution in [-0.2, 0) is 10.2 Å². The quantitative estimate of drug-likeness (QED) is 0.858. The molecule has 3 nitrogen and oxygen atoms in total. The Balaban J connectivity index is 0.000000322. The van der Waals surface area contributed by atoms with Gasteiger partial charge in [-0.2, -0.15) is 13.2 Å². The van der Waals surface area contributed by atoms with Crippen LogP contribution in [0.3, 0.4) is 0 Å². The summed E-state index contributed by atoms with van der Waals surface area (Å²) in [6, 6.07) is 9.88. The van der Waals surface area contributed by atoms with Crippen LogP contribution in [0.25, 0.3) is 0 Å². The second-order valence-electron chi connectivity index (χ2n) is 6.83. The molecule has 0 amide bonds. The van der Waals surface area contributed by atoms with E-state index in [2.05, 4.69) is 57.4 Å². The minimum Gasteiger partial charge on any atom is -0.475 e. The van der Waals surface area contributed by atoms with E-state index in [1.54, 1.807) is 0 Å². The molecule has 0 heterocycles. The Morgan fingerprint density at radius 3 is 2.13 bits per heavy atom. The van der Waals surface area contributed by atoms with Gasteiger partial charge in [0.05, 0.1) is 0 Å². The van der Waals surface area contributed by atoms with E-state index in [0.717, 1.165) is 12.0 Å². The molecule has 0 aromatic heterocycles. The van der Waals surface area contributed by atoms with Gasteiger partial charge in [0.1, 0.15) is 0 Å². The Labute approximate surface area is 134 Å². The fraction of sp³-hybridized carbons (Fsp3) is 0.588. The topological polar surface area (TPSA) is 49.3 Å². The Morgan fingerprint density at radius 1 is 1.22 bits per heavy atom. The lowest BCUT2D eigenvalue weighted by Gasteiger charge is -2.36. The lowest BCUT2D eigenvalue weighted by atomic mass is 9.74. The predicted molar refractivity (Wildman–Crippen MR) is 83.7 cm³/mol. The SMILES string of the molecule is CNC1CC(c2cccc(C(C)(C)C)c2)C1.O=C(O)C(F)(F)F. The predicted octanol–water partition coefficient (Wildman–Crippen LogP) is 4.08. The third kappa shape index (κ3) is 5.86. The number of benzene rings is 1. The van der Waals surface area contributed by atoms with Crippen LogP contribution in [0.2, 0.25) is 0 Å². The van der Waals surface area contributed by atoms with Gasteiger partial charge in [0.15, 0.2) is 0 Å². The summed E-state index contributed by atoms with van der Waals surface area (Å²) in [7, 11) is 2.06. The van der Waals surface area contributed by atoms with E-state index in [0.29, 0.717) is 0 Å². The first-order valence-corrected chi connectivity index (χ1v) is 7.53. The molecule has 1 saturated carbocycles. The van der Waals surface area contributed by atoms with Gasteiger partial charge in [-0.3, -0.25) is 0 Å². The molecule has 130 valence electrons. The van der Waals surface area contributed by atoms with Crippen molar-refractivity contribution in [1.29, 1.82) is 0 Å². The van der Waals surface area contributed by atoms with Crippen molar-refractivity contribution in [2.75, 3.05) is 7.05 Å². The Kier molecular flexibility index (Phi) is 6.22. The highest BCUT2D eigenvalue weighted by Gasteiger charge is 2.38. The molecule has 0 spiro atoms. The lowest BCUT2D eigenvalue weighted by Crippen LogP contribution is -2.37. The Morgan fingerprint density at radius 2 is 1.74 bits per heavy atom. The minimum absolute atomic E-state index is 0.266. The summed E-state index contributed by atoms with van der Waals surface area (Å²) >= 11 is 0. The van der Waals surface area contributed by atoms with Crippen molar-refractivity contribution in [3.8, 4) is 0 Å². The van der Waals surface area contributed by atoms with Gasteiger partial charge in [0.25, 0.3) is 0 Å². The number of hydrogen-bond acceptors (Lipinski definition) is 2. The molecule has 6 heteroatoms. The molecule has 2 N–H and O–H groups in total. The van der Waals surface area contributed by atoms with Crippen LogP contribution in [0.5, 0.6) is 0 Å². The molecule has 0 aliphatic heterocycles. The fourth-order valence-electron chi connectivity index (χ4n) is 2.38. The molecular formula is C17H24F3NO2. The molecule has 0 atom stereocenters. The van der Waals surface area contributed by atoms with Crippen LogP contribution in [0.4, 0.5) is 13.2 Å². The van der Waals surface area contributed by atoms with Gasteiger partial charge in [-0.15, -0.1) is 0 Å². The molecular weight excluding hydrogens is 307 g/mol. The van der Waals surface area contributed by atoms with E-state index in [-0.39, 0.29) is 5.41 Å². The highest BCUT2D eigenvalue weighted by Crippen LogP contribution is 2.38. The monoisotopic (exact) mass is 331 g/mol. The second-order valence-corrected chi connectivity index (χ2v) is 6.83. The third-order valence-electron chi connectivity index (χ3n) is 4.01. The van der Waals surface area contributed by atoms with Gasteiger partial charge in [0.2, 0.25) is 0 Å². The summed E-state index contributed by atoms with van der Waals surface area (Å²) in [4.78, 5) is 8.90. The molecule has 0 radical (unpaired) electrons. The van der Waals surface area contributed by atoms with Gasteiger partial charge >= 0.3 is 12.1 Å². The zero-order valence-electron chi connectivity index (χ0n) is 13.9. The van der Waals surface area contributed by atoms with Crippen molar-refractivity contribution < 1.29 is 23.1 Å². The van der Waals surface area contributed by atoms with E-state index in [4.69, 9.17) is 9.90 Å². The molecule has 1 fully saturated rings. The number of hydrogen-bond donors (Lipinski definition) is 2. The normalized spacial score (nSPS) is 21.0. The van der Waals surface area contributed by atoms with Gasteiger partial charge in [-0.25, -0.2) is 4.79 Å². The number of carboxylic acid groups (broad SMARTS) is 1. The van der Waals surface area contributed by atoms with Crippen molar-refractivity contribution in [2.45, 2.75) is 57.2 Å². The number of alkyl halides is 3. The number of rotatable bonds is 2. The minimum atomic E-state index is -5.08. The molecule has 0 unspecified atom stereocenters. The first kappa shape index (κ1) is 19.5. The zero-order chi connectivity index (χ0) is 17.8. The summed E-state index contributed by atoms with van der Waals surface area (Å²) in [6.45, 7) is 6.84. The van der Waals surface area contributed by atoms with E-state index in [9.17, 15) is 13.2 Å². The number of nitrogens with one attached hydrogen (secondary N) is 1. The highest BCUT2D eigenvalue weighted by molar-refractivity contribution is 5.73. The van der Waals surface area contributed by atoms with Gasteiger partial charge in [-0.1, -0.05) is 45.0 Å². The molecule has 1 aliphatic rings. The van der Waals surface area contributed by atoms with Crippen LogP contribution in [0.1, 0.15) is 50.7 Å². The van der Waals surface area contributed by atoms with Gasteiger partial charge in [-0.05, 0) is 42.3 Å². The van der Waals surface area contributed by atoms with Crippen LogP contribution in [-0.4, -0.2) is 30.3 Å². The summed E-state index contributed by atoms with van der Waals surface area (Å²) < 4.78 is 31.7. The summed E-state index contributed by atoms with van der Waals surface area (Å²) in [5, 5.41) is 10.5. The number of carboxylic acids is 1. The van der Waals surface area contributed by atoms with Crippen molar-refractivity contribution >= 4 is 5.97 Å². The zero-order valence-corrected chi connectivity index (χ0v) is 13.9. The Hall–Kier alpha value is -1.56. The maximum absolute atomic E-state index is 10.6. The molecule has 1 aromatic rings. The molecule has 23 heavy (non-hydrogen) atoms. The second kappa shape index (κ2) is 7.34. The van der Waals surface area contributed by atoms with Crippen molar-refractivity contribution in [2.24, 2.45) is 0 Å². The number of carbonyl (C=O) groups is 1. The van der Waals surface area contributed by atoms with Crippen molar-refractivity contribution in [3.63, 3.8) is 0 Å². The average Bonchev–Trinajstić information content (AvgIpc) is 2.36. The average molecular weight is 331 g/mol. The maximum atomic E-state index is 10.6. The van der Waals surface area contributed by atoms with Crippen LogP contribution in [0.15, 0.2) is 24.3 Å². The number of halogens is 3. The van der Waals surface area contributed by atoms with Gasteiger partial charge < -0.3 is 10.4 Å². The Bertz CT molecular complexity index is 529. The van der Waals surface area contributed by atoms with Crippen LogP contribution in [0, 0.1) is 0 Å². The first-order valence-electron chi connectivity index (χ1n) is 7.53. The van der Waals surface area contributed by atoms with E-state index in [1.165, 1.54) is 24.0 Å². The van der Waals surface area contributed by atoms with E-state index >= 15 is 0 Å². The lowest BCUT2D eigenvalue weighted by molar-refractivity contribution is -0.192. The number of aliphatic carboxylic acids is 1. The van der Waals surface area contributed by atoms with Crippen molar-refractivity contribution in [3.05, 3.63) is 35.4 Å². The largest absolute Gasteiger partial charge is 0.490 e. The maximum Gasteiger partial charge on any atom is 0.490 e. The fourth-order valence-corrected chi connectivity index (χ4v) is 2.38. The van der Waals surface area contributed by atoms with Gasteiger partial charge in [0, 0.05) is 6.04 Å². The molecule has 1 aromatic carbocycles. The summed E-state index contributed by atoms with van der Waals surface area (Å²) in [5.41, 5.74) is 3.25. The molecule has 2 rings (SSSR count). The summed E-state index contributed by atoms with van der Waals surface area (Å²) in [6.07, 6.45) is -2.49. The van der Waals surface area contributed by atoms with Crippen LogP contribution < -0.4 is 5.32 Å². The molecule has 1 aliphatic carbocycles. The molecule has 0 saturated heterocycles. The third-order valence-corrected chi connectivity index (χ3v) is 4.01. The van der Waals surface area contributed by atoms with E-state index < -0.39 is 12.1 Å². The van der Waals surface area contributed by atoms with Crippen molar-refractivity contribution in [1.82, 2.24) is 5.32 Å². The first-order chi connectivity index (χ1) is 10.4.